The number of aryl methyl sites for hydroxylation is 1. The van der Waals surface area contributed by atoms with E-state index in [4.69, 9.17) is 9.47 Å². The van der Waals surface area contributed by atoms with Crippen LogP contribution in [0.2, 0.25) is 0 Å². The highest BCUT2D eigenvalue weighted by Gasteiger charge is 2.39. The summed E-state index contributed by atoms with van der Waals surface area (Å²) >= 11 is 0. The molecule has 1 aliphatic heterocycles. The zero-order valence-corrected chi connectivity index (χ0v) is 14.4. The molecule has 0 spiro atoms. The van der Waals surface area contributed by atoms with Crippen molar-refractivity contribution in [2.24, 2.45) is 0 Å². The topological polar surface area (TPSA) is 85.4 Å². The van der Waals surface area contributed by atoms with Gasteiger partial charge in [0.25, 0.3) is 5.91 Å². The monoisotopic (exact) mass is 342 g/mol. The third-order valence-electron chi connectivity index (χ3n) is 4.31. The number of benzene rings is 1. The second kappa shape index (κ2) is 7.58. The Morgan fingerprint density at radius 3 is 2.56 bits per heavy atom. The molecule has 3 rings (SSSR count). The molecule has 0 bridgehead atoms. The molecule has 1 saturated heterocycles. The van der Waals surface area contributed by atoms with Gasteiger partial charge in [-0.05, 0) is 63.2 Å². The molecule has 1 aromatic carbocycles. The SMILES string of the molecule is COC1(C(=O)Nc2ccc(Oc3nccc(C)n3)cc2)CCNCC1. The molecule has 0 aliphatic carbocycles. The Hall–Kier alpha value is -2.51. The van der Waals surface area contributed by atoms with Gasteiger partial charge in [-0.1, -0.05) is 0 Å². The zero-order valence-electron chi connectivity index (χ0n) is 14.4. The molecule has 7 heteroatoms. The van der Waals surface area contributed by atoms with Crippen LogP contribution in [0.3, 0.4) is 0 Å². The number of amides is 1. The maximum atomic E-state index is 12.6. The Morgan fingerprint density at radius 1 is 1.20 bits per heavy atom. The minimum absolute atomic E-state index is 0.118. The van der Waals surface area contributed by atoms with Gasteiger partial charge < -0.3 is 20.1 Å². The van der Waals surface area contributed by atoms with Gasteiger partial charge in [0.05, 0.1) is 0 Å². The van der Waals surface area contributed by atoms with Crippen molar-refractivity contribution >= 4 is 11.6 Å². The third-order valence-corrected chi connectivity index (χ3v) is 4.31. The van der Waals surface area contributed by atoms with Gasteiger partial charge in [0, 0.05) is 24.7 Å². The Kier molecular flexibility index (Phi) is 5.25. The Labute approximate surface area is 146 Å². The molecule has 1 aliphatic rings. The van der Waals surface area contributed by atoms with E-state index in [1.807, 2.05) is 6.92 Å². The normalized spacial score (nSPS) is 16.2. The lowest BCUT2D eigenvalue weighted by Gasteiger charge is -2.34. The molecule has 1 aromatic heterocycles. The van der Waals surface area contributed by atoms with Crippen molar-refractivity contribution in [3.63, 3.8) is 0 Å². The molecule has 7 nitrogen and oxygen atoms in total. The number of aromatic nitrogens is 2. The van der Waals surface area contributed by atoms with E-state index >= 15 is 0 Å². The van der Waals surface area contributed by atoms with E-state index in [2.05, 4.69) is 20.6 Å². The van der Waals surface area contributed by atoms with Crippen LogP contribution in [0.5, 0.6) is 11.8 Å². The predicted molar refractivity (Wildman–Crippen MR) is 93.8 cm³/mol. The van der Waals surface area contributed by atoms with Crippen LogP contribution in [0.1, 0.15) is 18.5 Å². The summed E-state index contributed by atoms with van der Waals surface area (Å²) in [5.74, 6) is 0.485. The first-order chi connectivity index (χ1) is 12.1. The molecule has 2 N–H and O–H groups in total. The molecular weight excluding hydrogens is 320 g/mol. The minimum Gasteiger partial charge on any atom is -0.424 e. The smallest absolute Gasteiger partial charge is 0.322 e. The average Bonchev–Trinajstić information content (AvgIpc) is 2.64. The van der Waals surface area contributed by atoms with Crippen molar-refractivity contribution in [3.8, 4) is 11.8 Å². The van der Waals surface area contributed by atoms with E-state index in [0.717, 1.165) is 18.8 Å². The van der Waals surface area contributed by atoms with Gasteiger partial charge >= 0.3 is 6.01 Å². The first-order valence-corrected chi connectivity index (χ1v) is 8.26. The number of piperidine rings is 1. The van der Waals surface area contributed by atoms with Crippen molar-refractivity contribution in [3.05, 3.63) is 42.2 Å². The molecule has 0 unspecified atom stereocenters. The second-order valence-corrected chi connectivity index (χ2v) is 6.01. The van der Waals surface area contributed by atoms with Gasteiger partial charge in [0.1, 0.15) is 11.4 Å². The van der Waals surface area contributed by atoms with Crippen molar-refractivity contribution in [2.45, 2.75) is 25.4 Å². The van der Waals surface area contributed by atoms with Crippen molar-refractivity contribution in [1.82, 2.24) is 15.3 Å². The molecule has 0 atom stereocenters. The van der Waals surface area contributed by atoms with Gasteiger partial charge in [0.2, 0.25) is 0 Å². The number of nitrogens with one attached hydrogen (secondary N) is 2. The fraction of sp³-hybridized carbons (Fsp3) is 0.389. The third kappa shape index (κ3) is 4.12. The van der Waals surface area contributed by atoms with Crippen molar-refractivity contribution in [1.29, 1.82) is 0 Å². The van der Waals surface area contributed by atoms with E-state index in [1.54, 1.807) is 43.6 Å². The highest BCUT2D eigenvalue weighted by atomic mass is 16.5. The van der Waals surface area contributed by atoms with Gasteiger partial charge in [-0.2, -0.15) is 0 Å². The molecule has 0 saturated carbocycles. The number of methoxy groups -OCH3 is 1. The zero-order chi connectivity index (χ0) is 17.7. The summed E-state index contributed by atoms with van der Waals surface area (Å²) in [6, 6.07) is 9.20. The average molecular weight is 342 g/mol. The predicted octanol–water partition coefficient (Wildman–Crippen LogP) is 2.28. The maximum absolute atomic E-state index is 12.6. The Bertz CT molecular complexity index is 727. The van der Waals surface area contributed by atoms with Gasteiger partial charge in [0.15, 0.2) is 0 Å². The molecular formula is C18H22N4O3. The molecule has 132 valence electrons. The maximum Gasteiger partial charge on any atom is 0.322 e. The lowest BCUT2D eigenvalue weighted by atomic mass is 9.91. The molecule has 0 radical (unpaired) electrons. The molecule has 2 heterocycles. The second-order valence-electron chi connectivity index (χ2n) is 6.01. The first kappa shape index (κ1) is 17.3. The largest absolute Gasteiger partial charge is 0.424 e. The molecule has 25 heavy (non-hydrogen) atoms. The van der Waals surface area contributed by atoms with Crippen LogP contribution in [0.15, 0.2) is 36.5 Å². The summed E-state index contributed by atoms with van der Waals surface area (Å²) in [6.45, 7) is 3.41. The summed E-state index contributed by atoms with van der Waals surface area (Å²) in [7, 11) is 1.59. The van der Waals surface area contributed by atoms with Crippen molar-refractivity contribution in [2.75, 3.05) is 25.5 Å². The lowest BCUT2D eigenvalue weighted by Crippen LogP contribution is -2.51. The van der Waals surface area contributed by atoms with Crippen molar-refractivity contribution < 1.29 is 14.3 Å². The van der Waals surface area contributed by atoms with Crippen LogP contribution >= 0.6 is 0 Å². The van der Waals surface area contributed by atoms with E-state index in [1.165, 1.54) is 0 Å². The van der Waals surface area contributed by atoms with E-state index in [-0.39, 0.29) is 5.91 Å². The summed E-state index contributed by atoms with van der Waals surface area (Å²) in [4.78, 5) is 20.9. The van der Waals surface area contributed by atoms with Gasteiger partial charge in [-0.25, -0.2) is 9.97 Å². The minimum atomic E-state index is -0.768. The molecule has 1 fully saturated rings. The van der Waals surface area contributed by atoms with E-state index in [9.17, 15) is 4.79 Å². The van der Waals surface area contributed by atoms with Gasteiger partial charge in [-0.15, -0.1) is 0 Å². The van der Waals surface area contributed by atoms with Crippen LogP contribution < -0.4 is 15.4 Å². The fourth-order valence-electron chi connectivity index (χ4n) is 2.79. The Balaban J connectivity index is 1.65. The first-order valence-electron chi connectivity index (χ1n) is 8.26. The fourth-order valence-corrected chi connectivity index (χ4v) is 2.79. The molecule has 2 aromatic rings. The number of hydrogen-bond donors (Lipinski definition) is 2. The number of hydrogen-bond acceptors (Lipinski definition) is 6. The quantitative estimate of drug-likeness (QED) is 0.867. The van der Waals surface area contributed by atoms with Crippen LogP contribution in [0, 0.1) is 6.92 Å². The number of rotatable bonds is 5. The van der Waals surface area contributed by atoms with Crippen LogP contribution in [0.4, 0.5) is 5.69 Å². The van der Waals surface area contributed by atoms with Gasteiger partial charge in [-0.3, -0.25) is 4.79 Å². The summed E-state index contributed by atoms with van der Waals surface area (Å²) in [5, 5.41) is 6.16. The summed E-state index contributed by atoms with van der Waals surface area (Å²) in [6.07, 6.45) is 2.96. The number of carbonyl (C=O) groups is 1. The number of ether oxygens (including phenoxy) is 2. The highest BCUT2D eigenvalue weighted by Crippen LogP contribution is 2.26. The number of nitrogens with zero attached hydrogens (tertiary/aromatic N) is 2. The summed E-state index contributed by atoms with van der Waals surface area (Å²) in [5.41, 5.74) is 0.758. The number of carbonyl (C=O) groups excluding carboxylic acids is 1. The standard InChI is InChI=1S/C18H22N4O3/c1-13-7-10-20-17(21-13)25-15-5-3-14(4-6-15)22-16(23)18(24-2)8-11-19-12-9-18/h3-7,10,19H,8-9,11-12H2,1-2H3,(H,22,23). The van der Waals surface area contributed by atoms with Crippen LogP contribution in [0.25, 0.3) is 0 Å². The number of anilines is 1. The summed E-state index contributed by atoms with van der Waals surface area (Å²) < 4.78 is 11.1. The lowest BCUT2D eigenvalue weighted by molar-refractivity contribution is -0.140. The molecule has 1 amide bonds. The van der Waals surface area contributed by atoms with E-state index < -0.39 is 5.60 Å². The van der Waals surface area contributed by atoms with Crippen LogP contribution in [-0.4, -0.2) is 41.7 Å². The van der Waals surface area contributed by atoms with Crippen LogP contribution in [-0.2, 0) is 9.53 Å². The van der Waals surface area contributed by atoms with E-state index in [0.29, 0.717) is 30.3 Å². The Morgan fingerprint density at radius 2 is 1.92 bits per heavy atom. The highest BCUT2D eigenvalue weighted by molar-refractivity contribution is 5.97.